The van der Waals surface area contributed by atoms with Crippen molar-refractivity contribution in [3.05, 3.63) is 66.0 Å². The Bertz CT molecular complexity index is 1510. The minimum absolute atomic E-state index is 0.115. The fraction of sp³-hybridized carbons (Fsp3) is 0.115. The van der Waals surface area contributed by atoms with E-state index in [4.69, 9.17) is 19.4 Å². The predicted molar refractivity (Wildman–Crippen MR) is 137 cm³/mol. The Morgan fingerprint density at radius 1 is 0.882 bits per heavy atom. The molecule has 2 aromatic heterocycles. The number of hydrogen-bond acceptors (Lipinski definition) is 7. The molecule has 0 fully saturated rings. The van der Waals surface area contributed by atoms with Gasteiger partial charge < -0.3 is 20.1 Å². The molecule has 7 nitrogen and oxygen atoms in total. The summed E-state index contributed by atoms with van der Waals surface area (Å²) in [6.45, 7) is 1.48. The molecular formula is C26H22N4O3S. The molecule has 0 atom stereocenters. The van der Waals surface area contributed by atoms with E-state index in [-0.39, 0.29) is 5.91 Å². The molecule has 0 saturated carbocycles. The molecule has 170 valence electrons. The van der Waals surface area contributed by atoms with Crippen LogP contribution in [-0.2, 0) is 4.79 Å². The summed E-state index contributed by atoms with van der Waals surface area (Å²) in [6, 6.07) is 19.4. The van der Waals surface area contributed by atoms with E-state index in [1.54, 1.807) is 25.6 Å². The third-order valence-electron chi connectivity index (χ3n) is 5.39. The standard InChI is InChI=1S/C26H22N4O3S/c1-15(31)27-16-8-10-17(11-9-16)28-25-19-12-22(32-2)23(33-3)13-21(19)29-26(30-25)20-14-34-24-7-5-4-6-18(20)24/h4-14H,1-3H3,(H,27,31)(H,28,29,30). The quantitative estimate of drug-likeness (QED) is 0.306. The van der Waals surface area contributed by atoms with Gasteiger partial charge in [0.05, 0.1) is 19.7 Å². The SMILES string of the molecule is COc1cc2nc(-c3csc4ccccc34)nc(Nc3ccc(NC(C)=O)cc3)c2cc1OC. The zero-order chi connectivity index (χ0) is 23.7. The molecule has 0 radical (unpaired) electrons. The number of anilines is 3. The largest absolute Gasteiger partial charge is 0.493 e. The summed E-state index contributed by atoms with van der Waals surface area (Å²) >= 11 is 1.66. The van der Waals surface area contributed by atoms with Crippen LogP contribution >= 0.6 is 11.3 Å². The highest BCUT2D eigenvalue weighted by molar-refractivity contribution is 7.17. The van der Waals surface area contributed by atoms with E-state index >= 15 is 0 Å². The molecule has 2 N–H and O–H groups in total. The van der Waals surface area contributed by atoms with Gasteiger partial charge in [0.15, 0.2) is 17.3 Å². The van der Waals surface area contributed by atoms with Gasteiger partial charge in [-0.1, -0.05) is 18.2 Å². The average Bonchev–Trinajstić information content (AvgIpc) is 3.28. The van der Waals surface area contributed by atoms with E-state index in [1.807, 2.05) is 48.5 Å². The number of aromatic nitrogens is 2. The molecule has 3 aromatic carbocycles. The van der Waals surface area contributed by atoms with Crippen molar-refractivity contribution in [3.63, 3.8) is 0 Å². The molecule has 0 unspecified atom stereocenters. The van der Waals surface area contributed by atoms with Crippen molar-refractivity contribution in [1.82, 2.24) is 9.97 Å². The van der Waals surface area contributed by atoms with Gasteiger partial charge in [0.2, 0.25) is 5.91 Å². The lowest BCUT2D eigenvalue weighted by molar-refractivity contribution is -0.114. The lowest BCUT2D eigenvalue weighted by atomic mass is 10.1. The minimum atomic E-state index is -0.115. The number of nitrogens with one attached hydrogen (secondary N) is 2. The predicted octanol–water partition coefficient (Wildman–Crippen LogP) is 6.23. The van der Waals surface area contributed by atoms with Gasteiger partial charge in [-0.3, -0.25) is 4.79 Å². The van der Waals surface area contributed by atoms with Crippen LogP contribution < -0.4 is 20.1 Å². The number of hydrogen-bond donors (Lipinski definition) is 2. The van der Waals surface area contributed by atoms with E-state index in [2.05, 4.69) is 28.1 Å². The van der Waals surface area contributed by atoms with Crippen LogP contribution in [0.25, 0.3) is 32.4 Å². The molecule has 8 heteroatoms. The number of carbonyl (C=O) groups excluding carboxylic acids is 1. The van der Waals surface area contributed by atoms with Gasteiger partial charge in [0.25, 0.3) is 0 Å². The summed E-state index contributed by atoms with van der Waals surface area (Å²) in [5.41, 5.74) is 3.25. The number of carbonyl (C=O) groups is 1. The van der Waals surface area contributed by atoms with E-state index in [9.17, 15) is 4.79 Å². The van der Waals surface area contributed by atoms with Crippen molar-refractivity contribution in [2.75, 3.05) is 24.9 Å². The number of rotatable bonds is 6. The number of nitrogens with zero attached hydrogens (tertiary/aromatic N) is 2. The van der Waals surface area contributed by atoms with Gasteiger partial charge in [-0.05, 0) is 36.4 Å². The highest BCUT2D eigenvalue weighted by atomic mass is 32.1. The second kappa shape index (κ2) is 8.99. The Morgan fingerprint density at radius 3 is 2.32 bits per heavy atom. The summed E-state index contributed by atoms with van der Waals surface area (Å²) in [5, 5.41) is 10.2. The van der Waals surface area contributed by atoms with E-state index in [0.717, 1.165) is 33.2 Å². The lowest BCUT2D eigenvalue weighted by Gasteiger charge is -2.14. The van der Waals surface area contributed by atoms with Crippen LogP contribution in [0, 0.1) is 0 Å². The van der Waals surface area contributed by atoms with Crippen LogP contribution in [0.3, 0.4) is 0 Å². The molecule has 0 aliphatic carbocycles. The van der Waals surface area contributed by atoms with Crippen LogP contribution in [0.4, 0.5) is 17.2 Å². The fourth-order valence-electron chi connectivity index (χ4n) is 3.80. The van der Waals surface area contributed by atoms with Crippen LogP contribution in [0.15, 0.2) is 66.0 Å². The second-order valence-electron chi connectivity index (χ2n) is 7.65. The zero-order valence-corrected chi connectivity index (χ0v) is 19.7. The maximum atomic E-state index is 11.3. The molecule has 0 aliphatic rings. The molecule has 1 amide bonds. The van der Waals surface area contributed by atoms with Crippen LogP contribution in [0.1, 0.15) is 6.92 Å². The Hall–Kier alpha value is -4.17. The number of ether oxygens (including phenoxy) is 2. The molecule has 0 saturated heterocycles. The van der Waals surface area contributed by atoms with Crippen LogP contribution in [0.2, 0.25) is 0 Å². The Kier molecular flexibility index (Phi) is 5.73. The van der Waals surface area contributed by atoms with Gasteiger partial charge in [-0.2, -0.15) is 0 Å². The Balaban J connectivity index is 1.65. The van der Waals surface area contributed by atoms with Gasteiger partial charge in [-0.25, -0.2) is 9.97 Å². The highest BCUT2D eigenvalue weighted by Crippen LogP contribution is 2.38. The summed E-state index contributed by atoms with van der Waals surface area (Å²) in [6.07, 6.45) is 0. The van der Waals surface area contributed by atoms with Crippen LogP contribution in [-0.4, -0.2) is 30.1 Å². The molecule has 0 aliphatic heterocycles. The zero-order valence-electron chi connectivity index (χ0n) is 18.9. The molecule has 5 aromatic rings. The molecule has 34 heavy (non-hydrogen) atoms. The number of amides is 1. The summed E-state index contributed by atoms with van der Waals surface area (Å²) in [7, 11) is 3.21. The first-order valence-electron chi connectivity index (χ1n) is 10.6. The Morgan fingerprint density at radius 2 is 1.59 bits per heavy atom. The van der Waals surface area contributed by atoms with Crippen molar-refractivity contribution in [1.29, 1.82) is 0 Å². The van der Waals surface area contributed by atoms with Crippen molar-refractivity contribution < 1.29 is 14.3 Å². The van der Waals surface area contributed by atoms with Crippen LogP contribution in [0.5, 0.6) is 11.5 Å². The first-order valence-corrected chi connectivity index (χ1v) is 11.5. The highest BCUT2D eigenvalue weighted by Gasteiger charge is 2.16. The second-order valence-corrected chi connectivity index (χ2v) is 8.56. The number of methoxy groups -OCH3 is 2. The monoisotopic (exact) mass is 470 g/mol. The number of thiophene rings is 1. The average molecular weight is 471 g/mol. The van der Waals surface area contributed by atoms with Gasteiger partial charge >= 0.3 is 0 Å². The molecule has 2 heterocycles. The van der Waals surface area contributed by atoms with E-state index < -0.39 is 0 Å². The van der Waals surface area contributed by atoms with Crippen molar-refractivity contribution in [3.8, 4) is 22.9 Å². The maximum Gasteiger partial charge on any atom is 0.221 e. The topological polar surface area (TPSA) is 85.4 Å². The van der Waals surface area contributed by atoms with E-state index in [0.29, 0.717) is 23.1 Å². The van der Waals surface area contributed by atoms with Gasteiger partial charge in [-0.15, -0.1) is 11.3 Å². The smallest absolute Gasteiger partial charge is 0.221 e. The summed E-state index contributed by atoms with van der Waals surface area (Å²) in [5.74, 6) is 2.34. The Labute approximate surface area is 200 Å². The molecular weight excluding hydrogens is 448 g/mol. The minimum Gasteiger partial charge on any atom is -0.493 e. The van der Waals surface area contributed by atoms with E-state index in [1.165, 1.54) is 11.6 Å². The third-order valence-corrected chi connectivity index (χ3v) is 6.35. The first-order chi connectivity index (χ1) is 16.6. The molecule has 0 spiro atoms. The molecule has 5 rings (SSSR count). The third kappa shape index (κ3) is 4.11. The molecule has 0 bridgehead atoms. The number of benzene rings is 3. The lowest BCUT2D eigenvalue weighted by Crippen LogP contribution is -2.05. The van der Waals surface area contributed by atoms with Crippen molar-refractivity contribution in [2.45, 2.75) is 6.92 Å². The summed E-state index contributed by atoms with van der Waals surface area (Å²) in [4.78, 5) is 21.1. The fourth-order valence-corrected chi connectivity index (χ4v) is 4.74. The maximum absolute atomic E-state index is 11.3. The van der Waals surface area contributed by atoms with Crippen molar-refractivity contribution >= 4 is 55.4 Å². The normalized spacial score (nSPS) is 10.9. The summed E-state index contributed by atoms with van der Waals surface area (Å²) < 4.78 is 12.2. The van der Waals surface area contributed by atoms with Gasteiger partial charge in [0, 0.05) is 50.8 Å². The number of fused-ring (bicyclic) bond motifs is 2. The van der Waals surface area contributed by atoms with Gasteiger partial charge in [0.1, 0.15) is 5.82 Å². The van der Waals surface area contributed by atoms with Crippen molar-refractivity contribution in [2.24, 2.45) is 0 Å². The first kappa shape index (κ1) is 21.7.